The third kappa shape index (κ3) is 5.15. The number of carbonyl (C=O) groups is 3. The van der Waals surface area contributed by atoms with Crippen LogP contribution < -0.4 is 10.6 Å². The van der Waals surface area contributed by atoms with E-state index >= 15 is 0 Å². The maximum atomic E-state index is 11.9. The fourth-order valence-electron chi connectivity index (χ4n) is 1.89. The van der Waals surface area contributed by atoms with Crippen LogP contribution in [0.2, 0.25) is 0 Å². The Balaban J connectivity index is 2.54. The third-order valence-electron chi connectivity index (χ3n) is 2.99. The molecule has 0 saturated carbocycles. The highest BCUT2D eigenvalue weighted by molar-refractivity contribution is 5.86. The van der Waals surface area contributed by atoms with Crippen LogP contribution in [0.4, 0.5) is 4.79 Å². The average Bonchev–Trinajstić information content (AvgIpc) is 2.58. The van der Waals surface area contributed by atoms with Crippen molar-refractivity contribution in [2.24, 2.45) is 0 Å². The fourth-order valence-corrected chi connectivity index (χ4v) is 1.89. The van der Waals surface area contributed by atoms with Crippen LogP contribution in [-0.4, -0.2) is 53.6 Å². The van der Waals surface area contributed by atoms with E-state index in [2.05, 4.69) is 10.6 Å². The summed E-state index contributed by atoms with van der Waals surface area (Å²) in [4.78, 5) is 35.7. The molecule has 3 amide bonds. The predicted octanol–water partition coefficient (Wildman–Crippen LogP) is 0.161. The third-order valence-corrected chi connectivity index (χ3v) is 2.99. The summed E-state index contributed by atoms with van der Waals surface area (Å²) >= 11 is 0. The number of hydrogen-bond donors (Lipinski definition) is 3. The summed E-state index contributed by atoms with van der Waals surface area (Å²) < 4.78 is 0. The Bertz CT molecular complexity index is 346. The summed E-state index contributed by atoms with van der Waals surface area (Å²) in [7, 11) is 0. The topological polar surface area (TPSA) is 98.7 Å². The van der Waals surface area contributed by atoms with Gasteiger partial charge < -0.3 is 20.6 Å². The molecule has 0 radical (unpaired) electrons. The summed E-state index contributed by atoms with van der Waals surface area (Å²) in [6.07, 6.45) is 2.67. The van der Waals surface area contributed by atoms with Crippen LogP contribution in [-0.2, 0) is 9.59 Å². The minimum Gasteiger partial charge on any atom is -0.480 e. The van der Waals surface area contributed by atoms with E-state index in [0.717, 1.165) is 12.8 Å². The molecule has 0 aromatic rings. The van der Waals surface area contributed by atoms with Gasteiger partial charge in [-0.1, -0.05) is 19.8 Å². The zero-order chi connectivity index (χ0) is 14.3. The molecule has 1 aliphatic rings. The van der Waals surface area contributed by atoms with Gasteiger partial charge in [0, 0.05) is 13.1 Å². The Morgan fingerprint density at radius 1 is 1.53 bits per heavy atom. The molecule has 1 aliphatic heterocycles. The van der Waals surface area contributed by atoms with Crippen molar-refractivity contribution in [1.82, 2.24) is 15.5 Å². The van der Waals surface area contributed by atoms with Gasteiger partial charge in [-0.3, -0.25) is 4.79 Å². The summed E-state index contributed by atoms with van der Waals surface area (Å²) in [6, 6.07) is -1.38. The molecule has 1 heterocycles. The highest BCUT2D eigenvalue weighted by atomic mass is 16.4. The number of carboxylic acids is 1. The molecule has 0 spiro atoms. The van der Waals surface area contributed by atoms with E-state index in [0.29, 0.717) is 25.9 Å². The molecule has 1 fully saturated rings. The monoisotopic (exact) mass is 271 g/mol. The van der Waals surface area contributed by atoms with Crippen molar-refractivity contribution in [2.45, 2.75) is 38.6 Å². The Morgan fingerprint density at radius 3 is 2.89 bits per heavy atom. The maximum Gasteiger partial charge on any atom is 0.326 e. The normalized spacial score (nSPS) is 17.3. The maximum absolute atomic E-state index is 11.9. The first-order chi connectivity index (χ1) is 9.04. The van der Waals surface area contributed by atoms with E-state index in [1.54, 1.807) is 0 Å². The van der Waals surface area contributed by atoms with Crippen LogP contribution in [0.3, 0.4) is 0 Å². The second-order valence-corrected chi connectivity index (χ2v) is 4.61. The van der Waals surface area contributed by atoms with Crippen LogP contribution >= 0.6 is 0 Å². The summed E-state index contributed by atoms with van der Waals surface area (Å²) in [6.45, 7) is 2.93. The molecule has 0 aliphatic carbocycles. The van der Waals surface area contributed by atoms with Crippen molar-refractivity contribution >= 4 is 17.9 Å². The standard InChI is InChI=1S/C12H21N3O4/c1-2-3-5-9(11(17)18)14-12(19)15-7-4-6-13-10(16)8-15/h9H,2-8H2,1H3,(H,13,16)(H,14,19)(H,17,18). The molecule has 7 heteroatoms. The first-order valence-electron chi connectivity index (χ1n) is 6.59. The second-order valence-electron chi connectivity index (χ2n) is 4.61. The van der Waals surface area contributed by atoms with Gasteiger partial charge in [0.2, 0.25) is 5.91 Å². The molecule has 1 rings (SSSR count). The molecule has 0 aromatic heterocycles. The number of unbranched alkanes of at least 4 members (excludes halogenated alkanes) is 1. The van der Waals surface area contributed by atoms with Gasteiger partial charge in [0.1, 0.15) is 12.6 Å². The lowest BCUT2D eigenvalue weighted by Gasteiger charge is -2.22. The predicted molar refractivity (Wildman–Crippen MR) is 68.7 cm³/mol. The Morgan fingerprint density at radius 2 is 2.26 bits per heavy atom. The smallest absolute Gasteiger partial charge is 0.326 e. The molecule has 3 N–H and O–H groups in total. The second kappa shape index (κ2) is 7.60. The average molecular weight is 271 g/mol. The number of hydrogen-bond acceptors (Lipinski definition) is 3. The molecular formula is C12H21N3O4. The quantitative estimate of drug-likeness (QED) is 0.663. The lowest BCUT2D eigenvalue weighted by Crippen LogP contribution is -2.49. The van der Waals surface area contributed by atoms with Gasteiger partial charge in [0.15, 0.2) is 0 Å². The van der Waals surface area contributed by atoms with Gasteiger partial charge in [-0.2, -0.15) is 0 Å². The highest BCUT2D eigenvalue weighted by Crippen LogP contribution is 2.03. The molecule has 1 atom stereocenters. The molecule has 19 heavy (non-hydrogen) atoms. The highest BCUT2D eigenvalue weighted by Gasteiger charge is 2.24. The zero-order valence-electron chi connectivity index (χ0n) is 11.1. The van der Waals surface area contributed by atoms with Crippen molar-refractivity contribution in [3.05, 3.63) is 0 Å². The Labute approximate surface area is 112 Å². The van der Waals surface area contributed by atoms with E-state index < -0.39 is 18.0 Å². The van der Waals surface area contributed by atoms with Crippen molar-refractivity contribution in [1.29, 1.82) is 0 Å². The Hall–Kier alpha value is -1.79. The van der Waals surface area contributed by atoms with Crippen LogP contribution in [0, 0.1) is 0 Å². The fraction of sp³-hybridized carbons (Fsp3) is 0.750. The van der Waals surface area contributed by atoms with Crippen molar-refractivity contribution in [2.75, 3.05) is 19.6 Å². The number of carboxylic acid groups (broad SMARTS) is 1. The van der Waals surface area contributed by atoms with Gasteiger partial charge >= 0.3 is 12.0 Å². The van der Waals surface area contributed by atoms with Crippen molar-refractivity contribution in [3.8, 4) is 0 Å². The molecule has 0 bridgehead atoms. The van der Waals surface area contributed by atoms with E-state index in [9.17, 15) is 14.4 Å². The minimum atomic E-state index is -1.04. The summed E-state index contributed by atoms with van der Waals surface area (Å²) in [5.74, 6) is -1.26. The lowest BCUT2D eigenvalue weighted by molar-refractivity contribution is -0.139. The van der Waals surface area contributed by atoms with Gasteiger partial charge in [0.25, 0.3) is 0 Å². The number of nitrogens with zero attached hydrogens (tertiary/aromatic N) is 1. The van der Waals surface area contributed by atoms with Crippen LogP contribution in [0.15, 0.2) is 0 Å². The number of aliphatic carboxylic acids is 1. The first kappa shape index (κ1) is 15.3. The number of nitrogens with one attached hydrogen (secondary N) is 2. The molecular weight excluding hydrogens is 250 g/mol. The first-order valence-corrected chi connectivity index (χ1v) is 6.59. The van der Waals surface area contributed by atoms with Gasteiger partial charge in [-0.25, -0.2) is 9.59 Å². The van der Waals surface area contributed by atoms with Gasteiger partial charge in [-0.15, -0.1) is 0 Å². The van der Waals surface area contributed by atoms with E-state index in [1.807, 2.05) is 6.92 Å². The minimum absolute atomic E-state index is 0.0219. The van der Waals surface area contributed by atoms with Gasteiger partial charge in [0.05, 0.1) is 0 Å². The van der Waals surface area contributed by atoms with E-state index in [-0.39, 0.29) is 12.5 Å². The summed E-state index contributed by atoms with van der Waals surface area (Å²) in [5, 5.41) is 14.2. The molecule has 1 saturated heterocycles. The molecule has 7 nitrogen and oxygen atoms in total. The molecule has 108 valence electrons. The van der Waals surface area contributed by atoms with Gasteiger partial charge in [-0.05, 0) is 12.8 Å². The van der Waals surface area contributed by atoms with Crippen molar-refractivity contribution in [3.63, 3.8) is 0 Å². The molecule has 1 unspecified atom stereocenters. The number of urea groups is 1. The SMILES string of the molecule is CCCCC(NC(=O)N1CCCNC(=O)C1)C(=O)O. The molecule has 0 aromatic carbocycles. The lowest BCUT2D eigenvalue weighted by atomic mass is 10.1. The number of carbonyl (C=O) groups excluding carboxylic acids is 2. The van der Waals surface area contributed by atoms with Crippen LogP contribution in [0.1, 0.15) is 32.6 Å². The number of rotatable bonds is 5. The Kier molecular flexibility index (Phi) is 6.11. The largest absolute Gasteiger partial charge is 0.480 e. The van der Waals surface area contributed by atoms with E-state index in [4.69, 9.17) is 5.11 Å². The summed E-state index contributed by atoms with van der Waals surface area (Å²) in [5.41, 5.74) is 0. The van der Waals surface area contributed by atoms with E-state index in [1.165, 1.54) is 4.90 Å². The zero-order valence-corrected chi connectivity index (χ0v) is 11.1. The van der Waals surface area contributed by atoms with Crippen molar-refractivity contribution < 1.29 is 19.5 Å². The van der Waals surface area contributed by atoms with Crippen LogP contribution in [0.5, 0.6) is 0 Å². The van der Waals surface area contributed by atoms with Crippen LogP contribution in [0.25, 0.3) is 0 Å². The number of amides is 3.